The van der Waals surface area contributed by atoms with E-state index in [4.69, 9.17) is 4.74 Å². The van der Waals surface area contributed by atoms with Crippen LogP contribution in [0.3, 0.4) is 0 Å². The second-order valence-electron chi connectivity index (χ2n) is 6.84. The number of carbonyl (C=O) groups excluding carboxylic acids is 2. The molecule has 1 saturated heterocycles. The molecule has 29 heavy (non-hydrogen) atoms. The fourth-order valence-corrected chi connectivity index (χ4v) is 3.87. The minimum Gasteiger partial charge on any atom is -0.495 e. The normalized spacial score (nSPS) is 14.5. The number of piperazine rings is 1. The number of aromatic nitrogens is 1. The van der Waals surface area contributed by atoms with Crippen LogP contribution in [0.5, 0.6) is 5.75 Å². The summed E-state index contributed by atoms with van der Waals surface area (Å²) < 4.78 is 5.32. The second-order valence-corrected chi connectivity index (χ2v) is 7.70. The number of hydrogen-bond acceptors (Lipinski definition) is 7. The minimum atomic E-state index is -0.269. The van der Waals surface area contributed by atoms with Gasteiger partial charge in [-0.3, -0.25) is 9.59 Å². The smallest absolute Gasteiger partial charge is 0.273 e. The van der Waals surface area contributed by atoms with Crippen molar-refractivity contribution in [2.24, 2.45) is 0 Å². The number of amides is 2. The van der Waals surface area contributed by atoms with Crippen molar-refractivity contribution in [3.05, 3.63) is 35.3 Å². The van der Waals surface area contributed by atoms with Gasteiger partial charge in [0.1, 0.15) is 11.4 Å². The Morgan fingerprint density at radius 2 is 1.97 bits per heavy atom. The molecular weight excluding hydrogens is 390 g/mol. The Labute approximate surface area is 175 Å². The number of hydrogen-bond donors (Lipinski definition) is 1. The number of anilines is 2. The summed E-state index contributed by atoms with van der Waals surface area (Å²) in [5, 5.41) is 5.46. The molecule has 0 aliphatic carbocycles. The summed E-state index contributed by atoms with van der Waals surface area (Å²) in [6.07, 6.45) is 0. The average molecular weight is 418 g/mol. The van der Waals surface area contributed by atoms with Crippen LogP contribution in [0.2, 0.25) is 0 Å². The highest BCUT2D eigenvalue weighted by Crippen LogP contribution is 2.28. The van der Waals surface area contributed by atoms with Crippen LogP contribution in [-0.2, 0) is 4.79 Å². The van der Waals surface area contributed by atoms with Crippen LogP contribution in [0.4, 0.5) is 10.8 Å². The van der Waals surface area contributed by atoms with E-state index in [0.717, 1.165) is 25.3 Å². The van der Waals surface area contributed by atoms with E-state index in [1.54, 1.807) is 19.5 Å². The average Bonchev–Trinajstić information content (AvgIpc) is 3.22. The Morgan fingerprint density at radius 3 is 2.66 bits per heavy atom. The molecule has 2 amide bonds. The minimum absolute atomic E-state index is 0.0285. The van der Waals surface area contributed by atoms with Crippen molar-refractivity contribution in [2.45, 2.75) is 6.92 Å². The highest BCUT2D eigenvalue weighted by molar-refractivity contribution is 7.14. The maximum absolute atomic E-state index is 12.7. The second kappa shape index (κ2) is 9.71. The van der Waals surface area contributed by atoms with E-state index in [-0.39, 0.29) is 18.4 Å². The van der Waals surface area contributed by atoms with Gasteiger partial charge in [0.2, 0.25) is 5.91 Å². The Bertz CT molecular complexity index is 848. The third kappa shape index (κ3) is 5.24. The lowest BCUT2D eigenvalue weighted by atomic mass is 10.3. The van der Waals surface area contributed by atoms with Gasteiger partial charge in [0, 0.05) is 38.6 Å². The first-order valence-corrected chi connectivity index (χ1v) is 10.5. The largest absolute Gasteiger partial charge is 0.495 e. The van der Waals surface area contributed by atoms with Gasteiger partial charge in [-0.2, -0.15) is 0 Å². The maximum Gasteiger partial charge on any atom is 0.273 e. The first-order valence-electron chi connectivity index (χ1n) is 9.63. The van der Waals surface area contributed by atoms with Crippen LogP contribution < -0.4 is 10.1 Å². The molecule has 2 heterocycles. The summed E-state index contributed by atoms with van der Waals surface area (Å²) >= 11 is 1.33. The summed E-state index contributed by atoms with van der Waals surface area (Å²) in [6.45, 7) is 6.34. The number of ether oxygens (including phenoxy) is 1. The van der Waals surface area contributed by atoms with Crippen LogP contribution in [-0.4, -0.2) is 84.9 Å². The Morgan fingerprint density at radius 1 is 1.24 bits per heavy atom. The molecule has 0 atom stereocenters. The third-order valence-corrected chi connectivity index (χ3v) is 5.72. The molecule has 1 aliphatic heterocycles. The molecule has 1 aromatic carbocycles. The van der Waals surface area contributed by atoms with Gasteiger partial charge in [0.15, 0.2) is 5.13 Å². The Balaban J connectivity index is 1.57. The molecule has 9 heteroatoms. The molecule has 0 spiro atoms. The fraction of sp³-hybridized carbons (Fsp3) is 0.450. The maximum atomic E-state index is 12.7. The van der Waals surface area contributed by atoms with E-state index < -0.39 is 0 Å². The van der Waals surface area contributed by atoms with Gasteiger partial charge in [-0.25, -0.2) is 4.98 Å². The fourth-order valence-electron chi connectivity index (χ4n) is 3.18. The number of nitrogens with one attached hydrogen (secondary N) is 1. The summed E-state index contributed by atoms with van der Waals surface area (Å²) in [5.74, 6) is 0.399. The number of thiazole rings is 1. The Hall–Kier alpha value is -2.65. The molecule has 2 aromatic rings. The number of carbonyl (C=O) groups is 2. The molecule has 156 valence electrons. The number of para-hydroxylation sites is 2. The number of rotatable bonds is 7. The van der Waals surface area contributed by atoms with Gasteiger partial charge < -0.3 is 24.8 Å². The van der Waals surface area contributed by atoms with Crippen LogP contribution in [0.1, 0.15) is 17.4 Å². The zero-order valence-electron chi connectivity index (χ0n) is 17.1. The highest BCUT2D eigenvalue weighted by atomic mass is 32.1. The van der Waals surface area contributed by atoms with Crippen molar-refractivity contribution in [1.29, 1.82) is 0 Å². The SMILES string of the molecule is CCN1CCN(C(=O)CN(C)C(=O)c2csc(Nc3ccccc3OC)n2)CC1. The lowest BCUT2D eigenvalue weighted by Gasteiger charge is -2.34. The quantitative estimate of drug-likeness (QED) is 0.744. The van der Waals surface area contributed by atoms with Crippen molar-refractivity contribution in [3.63, 3.8) is 0 Å². The Kier molecular flexibility index (Phi) is 7.05. The molecule has 8 nitrogen and oxygen atoms in total. The molecular formula is C20H27N5O3S. The van der Waals surface area contributed by atoms with E-state index >= 15 is 0 Å². The lowest BCUT2D eigenvalue weighted by Crippen LogP contribution is -2.51. The van der Waals surface area contributed by atoms with Crippen LogP contribution in [0.25, 0.3) is 0 Å². The predicted molar refractivity (Wildman–Crippen MR) is 114 cm³/mol. The van der Waals surface area contributed by atoms with E-state index in [1.807, 2.05) is 29.2 Å². The van der Waals surface area contributed by atoms with Crippen molar-refractivity contribution in [1.82, 2.24) is 19.7 Å². The highest BCUT2D eigenvalue weighted by Gasteiger charge is 2.24. The zero-order valence-corrected chi connectivity index (χ0v) is 17.9. The van der Waals surface area contributed by atoms with Crippen molar-refractivity contribution < 1.29 is 14.3 Å². The summed E-state index contributed by atoms with van der Waals surface area (Å²) in [6, 6.07) is 7.51. The number of nitrogens with zero attached hydrogens (tertiary/aromatic N) is 4. The van der Waals surface area contributed by atoms with Crippen LogP contribution in [0.15, 0.2) is 29.6 Å². The molecule has 0 saturated carbocycles. The topological polar surface area (TPSA) is 78.0 Å². The molecule has 0 bridgehead atoms. The molecule has 1 fully saturated rings. The van der Waals surface area contributed by atoms with Crippen molar-refractivity contribution >= 4 is 34.0 Å². The third-order valence-electron chi connectivity index (χ3n) is 4.96. The summed E-state index contributed by atoms with van der Waals surface area (Å²) in [5.41, 5.74) is 1.09. The van der Waals surface area contributed by atoms with Gasteiger partial charge in [-0.1, -0.05) is 19.1 Å². The van der Waals surface area contributed by atoms with E-state index in [9.17, 15) is 9.59 Å². The van der Waals surface area contributed by atoms with E-state index in [0.29, 0.717) is 29.7 Å². The zero-order chi connectivity index (χ0) is 20.8. The van der Waals surface area contributed by atoms with Crippen molar-refractivity contribution in [2.75, 3.05) is 58.7 Å². The van der Waals surface area contributed by atoms with Gasteiger partial charge in [0.05, 0.1) is 19.3 Å². The van der Waals surface area contributed by atoms with E-state index in [2.05, 4.69) is 22.1 Å². The molecule has 3 rings (SSSR count). The molecule has 1 aromatic heterocycles. The van der Waals surface area contributed by atoms with Gasteiger partial charge >= 0.3 is 0 Å². The van der Waals surface area contributed by atoms with Gasteiger partial charge in [-0.05, 0) is 18.7 Å². The number of methoxy groups -OCH3 is 1. The molecule has 0 radical (unpaired) electrons. The summed E-state index contributed by atoms with van der Waals surface area (Å²) in [4.78, 5) is 35.1. The molecule has 1 aliphatic rings. The van der Waals surface area contributed by atoms with Crippen LogP contribution in [0, 0.1) is 0 Å². The van der Waals surface area contributed by atoms with Gasteiger partial charge in [0.25, 0.3) is 5.91 Å². The van der Waals surface area contributed by atoms with Crippen LogP contribution >= 0.6 is 11.3 Å². The van der Waals surface area contributed by atoms with Crippen molar-refractivity contribution in [3.8, 4) is 5.75 Å². The first kappa shape index (κ1) is 21.1. The molecule has 1 N–H and O–H groups in total. The van der Waals surface area contributed by atoms with E-state index in [1.165, 1.54) is 16.2 Å². The lowest BCUT2D eigenvalue weighted by molar-refractivity contribution is -0.133. The monoisotopic (exact) mass is 417 g/mol. The van der Waals surface area contributed by atoms with Gasteiger partial charge in [-0.15, -0.1) is 11.3 Å². The summed E-state index contributed by atoms with van der Waals surface area (Å²) in [7, 11) is 3.24. The number of benzene rings is 1. The standard InChI is InChI=1S/C20H27N5O3S/c1-4-24-9-11-25(12-10-24)18(26)13-23(2)19(27)16-14-29-20(22-16)21-15-7-5-6-8-17(15)28-3/h5-8,14H,4,9-13H2,1-3H3,(H,21,22). The first-order chi connectivity index (χ1) is 14.0. The molecule has 0 unspecified atom stereocenters. The number of likely N-dealkylation sites (N-methyl/N-ethyl adjacent to an activating group) is 2. The predicted octanol–water partition coefficient (Wildman–Crippen LogP) is 2.13.